The number of hydrogen-bond donors (Lipinski definition) is 1. The van der Waals surface area contributed by atoms with Crippen LogP contribution in [0.2, 0.25) is 0 Å². The van der Waals surface area contributed by atoms with Gasteiger partial charge in [-0.2, -0.15) is 0 Å². The largest absolute Gasteiger partial charge is 0.493 e. The standard InChI is InChI=1S/C17H23N3O4/c1-22-14-10-13(11-15(23-2)16(14)24-3)17(21)19-6-4-5-8-20-9-7-18-12-20/h7,9-12H,4-6,8H2,1-3H3,(H,19,21). The maximum atomic E-state index is 12.3. The summed E-state index contributed by atoms with van der Waals surface area (Å²) in [4.78, 5) is 16.3. The number of hydrogen-bond acceptors (Lipinski definition) is 5. The highest BCUT2D eigenvalue weighted by Gasteiger charge is 2.16. The maximum Gasteiger partial charge on any atom is 0.251 e. The van der Waals surface area contributed by atoms with Crippen molar-refractivity contribution in [3.05, 3.63) is 36.4 Å². The van der Waals surface area contributed by atoms with Crippen molar-refractivity contribution in [3.8, 4) is 17.2 Å². The van der Waals surface area contributed by atoms with E-state index in [1.54, 1.807) is 24.7 Å². The van der Waals surface area contributed by atoms with E-state index in [-0.39, 0.29) is 5.91 Å². The van der Waals surface area contributed by atoms with Crippen molar-refractivity contribution in [3.63, 3.8) is 0 Å². The van der Waals surface area contributed by atoms with Gasteiger partial charge in [0.25, 0.3) is 5.91 Å². The Morgan fingerprint density at radius 3 is 2.38 bits per heavy atom. The number of carbonyl (C=O) groups excluding carboxylic acids is 1. The number of rotatable bonds is 9. The number of benzene rings is 1. The number of unbranched alkanes of at least 4 members (excludes halogenated alkanes) is 1. The monoisotopic (exact) mass is 333 g/mol. The van der Waals surface area contributed by atoms with Gasteiger partial charge in [0.05, 0.1) is 27.7 Å². The highest BCUT2D eigenvalue weighted by Crippen LogP contribution is 2.38. The number of nitrogens with one attached hydrogen (secondary N) is 1. The first-order valence-corrected chi connectivity index (χ1v) is 7.73. The van der Waals surface area contributed by atoms with Crippen molar-refractivity contribution < 1.29 is 19.0 Å². The van der Waals surface area contributed by atoms with E-state index in [1.165, 1.54) is 21.3 Å². The molecule has 0 saturated heterocycles. The highest BCUT2D eigenvalue weighted by molar-refractivity contribution is 5.95. The minimum Gasteiger partial charge on any atom is -0.493 e. The molecule has 0 aliphatic heterocycles. The number of imidazole rings is 1. The van der Waals surface area contributed by atoms with Crippen LogP contribution in [-0.4, -0.2) is 43.3 Å². The van der Waals surface area contributed by atoms with Crippen molar-refractivity contribution >= 4 is 5.91 Å². The average molecular weight is 333 g/mol. The number of carbonyl (C=O) groups is 1. The molecule has 2 aromatic rings. The van der Waals surface area contributed by atoms with Gasteiger partial charge in [-0.3, -0.25) is 4.79 Å². The van der Waals surface area contributed by atoms with Gasteiger partial charge in [-0.1, -0.05) is 0 Å². The quantitative estimate of drug-likeness (QED) is 0.712. The molecule has 7 nitrogen and oxygen atoms in total. The molecule has 0 saturated carbocycles. The lowest BCUT2D eigenvalue weighted by Gasteiger charge is -2.14. The van der Waals surface area contributed by atoms with E-state index >= 15 is 0 Å². The van der Waals surface area contributed by atoms with Gasteiger partial charge >= 0.3 is 0 Å². The van der Waals surface area contributed by atoms with Crippen molar-refractivity contribution in [2.45, 2.75) is 19.4 Å². The summed E-state index contributed by atoms with van der Waals surface area (Å²) in [5, 5.41) is 2.90. The molecule has 0 unspecified atom stereocenters. The second-order valence-corrected chi connectivity index (χ2v) is 5.18. The molecule has 1 aromatic heterocycles. The van der Waals surface area contributed by atoms with Crippen LogP contribution in [0.3, 0.4) is 0 Å². The van der Waals surface area contributed by atoms with Crippen LogP contribution in [0.25, 0.3) is 0 Å². The lowest BCUT2D eigenvalue weighted by atomic mass is 10.1. The third kappa shape index (κ3) is 4.41. The molecule has 1 amide bonds. The van der Waals surface area contributed by atoms with E-state index in [0.29, 0.717) is 29.4 Å². The predicted octanol–water partition coefficient (Wildman–Crippen LogP) is 2.12. The zero-order valence-electron chi connectivity index (χ0n) is 14.2. The van der Waals surface area contributed by atoms with Crippen LogP contribution in [-0.2, 0) is 6.54 Å². The van der Waals surface area contributed by atoms with E-state index < -0.39 is 0 Å². The Morgan fingerprint density at radius 1 is 1.12 bits per heavy atom. The molecule has 1 N–H and O–H groups in total. The molecule has 0 fully saturated rings. The van der Waals surface area contributed by atoms with Crippen LogP contribution in [0, 0.1) is 0 Å². The fraction of sp³-hybridized carbons (Fsp3) is 0.412. The Morgan fingerprint density at radius 2 is 1.83 bits per heavy atom. The predicted molar refractivity (Wildman–Crippen MR) is 89.9 cm³/mol. The van der Waals surface area contributed by atoms with Crippen molar-refractivity contribution in [1.29, 1.82) is 0 Å². The van der Waals surface area contributed by atoms with Gasteiger partial charge in [0, 0.05) is 31.0 Å². The summed E-state index contributed by atoms with van der Waals surface area (Å²) in [5.74, 6) is 1.22. The molecule has 1 heterocycles. The van der Waals surface area contributed by atoms with Crippen LogP contribution in [0.4, 0.5) is 0 Å². The van der Waals surface area contributed by atoms with Crippen LogP contribution < -0.4 is 19.5 Å². The Kier molecular flexibility index (Phi) is 6.48. The fourth-order valence-corrected chi connectivity index (χ4v) is 2.35. The number of nitrogens with zero attached hydrogens (tertiary/aromatic N) is 2. The number of aromatic nitrogens is 2. The van der Waals surface area contributed by atoms with E-state index in [1.807, 2.05) is 10.8 Å². The highest BCUT2D eigenvalue weighted by atomic mass is 16.5. The van der Waals surface area contributed by atoms with Gasteiger partial charge in [-0.25, -0.2) is 4.98 Å². The lowest BCUT2D eigenvalue weighted by Crippen LogP contribution is -2.24. The average Bonchev–Trinajstić information content (AvgIpc) is 3.13. The van der Waals surface area contributed by atoms with Crippen LogP contribution in [0.15, 0.2) is 30.9 Å². The topological polar surface area (TPSA) is 74.6 Å². The summed E-state index contributed by atoms with van der Waals surface area (Å²) >= 11 is 0. The zero-order valence-corrected chi connectivity index (χ0v) is 14.2. The molecular formula is C17H23N3O4. The molecule has 0 bridgehead atoms. The zero-order chi connectivity index (χ0) is 17.4. The first kappa shape index (κ1) is 17.7. The summed E-state index contributed by atoms with van der Waals surface area (Å²) < 4.78 is 17.8. The molecular weight excluding hydrogens is 310 g/mol. The van der Waals surface area contributed by atoms with Crippen molar-refractivity contribution in [2.75, 3.05) is 27.9 Å². The van der Waals surface area contributed by atoms with Gasteiger partial charge in [0.2, 0.25) is 5.75 Å². The Bertz CT molecular complexity index is 631. The van der Waals surface area contributed by atoms with E-state index in [0.717, 1.165) is 19.4 Å². The molecule has 130 valence electrons. The van der Waals surface area contributed by atoms with Crippen molar-refractivity contribution in [2.24, 2.45) is 0 Å². The number of aryl methyl sites for hydroxylation is 1. The Labute approximate surface area is 141 Å². The first-order chi connectivity index (χ1) is 11.7. The van der Waals surface area contributed by atoms with Gasteiger partial charge in [0.1, 0.15) is 0 Å². The first-order valence-electron chi connectivity index (χ1n) is 7.73. The smallest absolute Gasteiger partial charge is 0.251 e. The minimum absolute atomic E-state index is 0.170. The van der Waals surface area contributed by atoms with Gasteiger partial charge in [-0.05, 0) is 25.0 Å². The second kappa shape index (κ2) is 8.81. The SMILES string of the molecule is COc1cc(C(=O)NCCCCn2ccnc2)cc(OC)c1OC. The molecule has 1 aromatic carbocycles. The Hall–Kier alpha value is -2.70. The summed E-state index contributed by atoms with van der Waals surface area (Å²) in [6.07, 6.45) is 7.31. The molecule has 0 aliphatic rings. The normalized spacial score (nSPS) is 10.3. The van der Waals surface area contributed by atoms with E-state index in [4.69, 9.17) is 14.2 Å². The third-order valence-electron chi connectivity index (χ3n) is 3.61. The molecule has 7 heteroatoms. The fourth-order valence-electron chi connectivity index (χ4n) is 2.35. The van der Waals surface area contributed by atoms with Crippen LogP contribution in [0.1, 0.15) is 23.2 Å². The summed E-state index contributed by atoms with van der Waals surface area (Å²) in [5.41, 5.74) is 0.471. The van der Waals surface area contributed by atoms with Gasteiger partial charge in [0.15, 0.2) is 11.5 Å². The molecule has 0 spiro atoms. The van der Waals surface area contributed by atoms with Crippen LogP contribution in [0.5, 0.6) is 17.2 Å². The molecule has 24 heavy (non-hydrogen) atoms. The number of methoxy groups -OCH3 is 3. The van der Waals surface area contributed by atoms with Gasteiger partial charge < -0.3 is 24.1 Å². The minimum atomic E-state index is -0.170. The van der Waals surface area contributed by atoms with Crippen molar-refractivity contribution in [1.82, 2.24) is 14.9 Å². The number of ether oxygens (including phenoxy) is 3. The molecule has 0 atom stereocenters. The third-order valence-corrected chi connectivity index (χ3v) is 3.61. The summed E-state index contributed by atoms with van der Waals surface area (Å²) in [7, 11) is 4.57. The molecule has 2 rings (SSSR count). The van der Waals surface area contributed by atoms with Gasteiger partial charge in [-0.15, -0.1) is 0 Å². The number of amides is 1. The summed E-state index contributed by atoms with van der Waals surface area (Å²) in [6, 6.07) is 3.28. The van der Waals surface area contributed by atoms with E-state index in [2.05, 4.69) is 10.3 Å². The molecule has 0 radical (unpaired) electrons. The Balaban J connectivity index is 1.89. The second-order valence-electron chi connectivity index (χ2n) is 5.18. The van der Waals surface area contributed by atoms with E-state index in [9.17, 15) is 4.79 Å². The summed E-state index contributed by atoms with van der Waals surface area (Å²) in [6.45, 7) is 1.49. The molecule has 0 aliphatic carbocycles. The van der Waals surface area contributed by atoms with Crippen LogP contribution >= 0.6 is 0 Å². The lowest BCUT2D eigenvalue weighted by molar-refractivity contribution is 0.0952. The maximum absolute atomic E-state index is 12.3.